The van der Waals surface area contributed by atoms with E-state index >= 15 is 0 Å². The first kappa shape index (κ1) is 14.4. The number of rotatable bonds is 8. The fourth-order valence-electron chi connectivity index (χ4n) is 0.769. The van der Waals surface area contributed by atoms with Crippen LogP contribution in [0, 0.1) is 11.8 Å². The molecule has 0 aliphatic carbocycles. The normalized spacial score (nSPS) is 11.1. The fourth-order valence-corrected chi connectivity index (χ4v) is 0.769. The summed E-state index contributed by atoms with van der Waals surface area (Å²) in [6.07, 6.45) is 0. The maximum atomic E-state index is 11.0. The maximum absolute atomic E-state index is 11.0. The molecule has 4 nitrogen and oxygen atoms in total. The summed E-state index contributed by atoms with van der Waals surface area (Å²) in [6.45, 7) is 9.27. The third-order valence-electron chi connectivity index (χ3n) is 1.42. The molecule has 15 heavy (non-hydrogen) atoms. The molecule has 0 atom stereocenters. The van der Waals surface area contributed by atoms with Crippen LogP contribution in [-0.2, 0) is 19.0 Å². The van der Waals surface area contributed by atoms with E-state index in [1.165, 1.54) is 0 Å². The quantitative estimate of drug-likeness (QED) is 0.354. The van der Waals surface area contributed by atoms with Crippen molar-refractivity contribution in [3.05, 3.63) is 0 Å². The summed E-state index contributed by atoms with van der Waals surface area (Å²) in [5, 5.41) is 0. The predicted octanol–water partition coefficient (Wildman–Crippen LogP) is 1.83. The molecule has 0 aliphatic rings. The Morgan fingerprint density at radius 1 is 1.00 bits per heavy atom. The molecule has 0 bridgehead atoms. The molecule has 0 heterocycles. The standard InChI is InChI=1S/C11H22O4/c1-9(2)5-13-8-14-7-11(12)15-6-10(3)4/h9-10H,5-8H2,1-4H3. The van der Waals surface area contributed by atoms with Gasteiger partial charge in [0.2, 0.25) is 0 Å². The van der Waals surface area contributed by atoms with Gasteiger partial charge in [0.25, 0.3) is 0 Å². The van der Waals surface area contributed by atoms with Gasteiger partial charge in [-0.2, -0.15) is 0 Å². The number of carbonyl (C=O) groups excluding carboxylic acids is 1. The largest absolute Gasteiger partial charge is 0.464 e. The van der Waals surface area contributed by atoms with Crippen LogP contribution in [-0.4, -0.2) is 32.6 Å². The lowest BCUT2D eigenvalue weighted by molar-refractivity contribution is -0.156. The van der Waals surface area contributed by atoms with Crippen LogP contribution in [0.25, 0.3) is 0 Å². The molecule has 0 aliphatic heterocycles. The highest BCUT2D eigenvalue weighted by Crippen LogP contribution is 1.94. The first-order chi connectivity index (χ1) is 7.02. The Hall–Kier alpha value is -0.610. The van der Waals surface area contributed by atoms with Crippen molar-refractivity contribution < 1.29 is 19.0 Å². The minimum atomic E-state index is -0.336. The number of hydrogen-bond donors (Lipinski definition) is 0. The summed E-state index contributed by atoms with van der Waals surface area (Å²) < 4.78 is 15.0. The van der Waals surface area contributed by atoms with Gasteiger partial charge >= 0.3 is 5.97 Å². The molecule has 0 fully saturated rings. The molecule has 0 unspecified atom stereocenters. The Bertz CT molecular complexity index is 166. The number of carbonyl (C=O) groups is 1. The van der Waals surface area contributed by atoms with E-state index in [1.54, 1.807) is 0 Å². The van der Waals surface area contributed by atoms with Crippen LogP contribution >= 0.6 is 0 Å². The Morgan fingerprint density at radius 3 is 2.13 bits per heavy atom. The van der Waals surface area contributed by atoms with Gasteiger partial charge in [0.1, 0.15) is 13.4 Å². The molecular formula is C11H22O4. The summed E-state index contributed by atoms with van der Waals surface area (Å²) in [6, 6.07) is 0. The third-order valence-corrected chi connectivity index (χ3v) is 1.42. The molecule has 0 aromatic carbocycles. The topological polar surface area (TPSA) is 44.8 Å². The number of hydrogen-bond acceptors (Lipinski definition) is 4. The van der Waals surface area contributed by atoms with Gasteiger partial charge in [0, 0.05) is 0 Å². The highest BCUT2D eigenvalue weighted by Gasteiger charge is 2.04. The van der Waals surface area contributed by atoms with Crippen molar-refractivity contribution in [2.75, 3.05) is 26.6 Å². The molecule has 4 heteroatoms. The van der Waals surface area contributed by atoms with Crippen LogP contribution in [0.5, 0.6) is 0 Å². The van der Waals surface area contributed by atoms with E-state index < -0.39 is 0 Å². The molecule has 0 aromatic rings. The van der Waals surface area contributed by atoms with Gasteiger partial charge in [0.05, 0.1) is 13.2 Å². The molecule has 0 N–H and O–H groups in total. The lowest BCUT2D eigenvalue weighted by atomic mass is 10.2. The van der Waals surface area contributed by atoms with E-state index in [9.17, 15) is 4.79 Å². The smallest absolute Gasteiger partial charge is 0.332 e. The van der Waals surface area contributed by atoms with Crippen molar-refractivity contribution in [3.63, 3.8) is 0 Å². The van der Waals surface area contributed by atoms with Gasteiger partial charge in [-0.05, 0) is 11.8 Å². The van der Waals surface area contributed by atoms with Crippen molar-refractivity contribution in [3.8, 4) is 0 Å². The summed E-state index contributed by atoms with van der Waals surface area (Å²) in [5.41, 5.74) is 0. The van der Waals surface area contributed by atoms with Crippen molar-refractivity contribution in [1.82, 2.24) is 0 Å². The first-order valence-corrected chi connectivity index (χ1v) is 5.33. The van der Waals surface area contributed by atoms with Crippen molar-refractivity contribution in [1.29, 1.82) is 0 Å². The average molecular weight is 218 g/mol. The zero-order valence-electron chi connectivity index (χ0n) is 10.1. The van der Waals surface area contributed by atoms with Crippen molar-refractivity contribution >= 4 is 5.97 Å². The number of ether oxygens (including phenoxy) is 3. The fraction of sp³-hybridized carbons (Fsp3) is 0.909. The first-order valence-electron chi connectivity index (χ1n) is 5.33. The van der Waals surface area contributed by atoms with Gasteiger partial charge in [-0.25, -0.2) is 4.79 Å². The Kier molecular flexibility index (Phi) is 8.33. The van der Waals surface area contributed by atoms with Crippen LogP contribution < -0.4 is 0 Å². The summed E-state index contributed by atoms with van der Waals surface area (Å²) in [4.78, 5) is 11.0. The van der Waals surface area contributed by atoms with Crippen LogP contribution in [0.2, 0.25) is 0 Å². The van der Waals surface area contributed by atoms with E-state index in [1.807, 2.05) is 13.8 Å². The van der Waals surface area contributed by atoms with Gasteiger partial charge in [-0.3, -0.25) is 0 Å². The van der Waals surface area contributed by atoms with Gasteiger partial charge in [-0.1, -0.05) is 27.7 Å². The van der Waals surface area contributed by atoms with Crippen LogP contribution in [0.3, 0.4) is 0 Å². The molecular weight excluding hydrogens is 196 g/mol. The van der Waals surface area contributed by atoms with Gasteiger partial charge in [0.15, 0.2) is 0 Å². The molecule has 90 valence electrons. The monoisotopic (exact) mass is 218 g/mol. The molecule has 0 amide bonds. The molecule has 0 saturated heterocycles. The van der Waals surface area contributed by atoms with E-state index in [4.69, 9.17) is 14.2 Å². The van der Waals surface area contributed by atoms with E-state index in [2.05, 4.69) is 13.8 Å². The second-order valence-corrected chi connectivity index (χ2v) is 4.31. The van der Waals surface area contributed by atoms with Crippen molar-refractivity contribution in [2.45, 2.75) is 27.7 Å². The summed E-state index contributed by atoms with van der Waals surface area (Å²) in [7, 11) is 0. The Balaban J connectivity index is 3.24. The number of esters is 1. The van der Waals surface area contributed by atoms with Crippen LogP contribution in [0.15, 0.2) is 0 Å². The highest BCUT2D eigenvalue weighted by atomic mass is 16.7. The summed E-state index contributed by atoms with van der Waals surface area (Å²) in [5.74, 6) is 0.490. The second kappa shape index (κ2) is 8.68. The predicted molar refractivity (Wildman–Crippen MR) is 57.4 cm³/mol. The van der Waals surface area contributed by atoms with Crippen LogP contribution in [0.4, 0.5) is 0 Å². The molecule has 0 spiro atoms. The van der Waals surface area contributed by atoms with Gasteiger partial charge < -0.3 is 14.2 Å². The van der Waals surface area contributed by atoms with Crippen LogP contribution in [0.1, 0.15) is 27.7 Å². The average Bonchev–Trinajstić information content (AvgIpc) is 2.13. The molecule has 0 aromatic heterocycles. The molecule has 0 saturated carbocycles. The Labute approximate surface area is 91.9 Å². The highest BCUT2D eigenvalue weighted by molar-refractivity contribution is 5.70. The van der Waals surface area contributed by atoms with Gasteiger partial charge in [-0.15, -0.1) is 0 Å². The second-order valence-electron chi connectivity index (χ2n) is 4.31. The molecule has 0 radical (unpaired) electrons. The minimum absolute atomic E-state index is 0.0369. The SMILES string of the molecule is CC(C)COCOCC(=O)OCC(C)C. The van der Waals surface area contributed by atoms with E-state index in [0.29, 0.717) is 25.0 Å². The Morgan fingerprint density at radius 2 is 1.60 bits per heavy atom. The maximum Gasteiger partial charge on any atom is 0.332 e. The van der Waals surface area contributed by atoms with Crippen molar-refractivity contribution in [2.24, 2.45) is 11.8 Å². The lowest BCUT2D eigenvalue weighted by Crippen LogP contribution is -2.17. The third kappa shape index (κ3) is 11.3. The molecule has 0 rings (SSSR count). The van der Waals surface area contributed by atoms with E-state index in [-0.39, 0.29) is 19.4 Å². The zero-order valence-corrected chi connectivity index (χ0v) is 10.1. The lowest BCUT2D eigenvalue weighted by Gasteiger charge is -2.09. The van der Waals surface area contributed by atoms with E-state index in [0.717, 1.165) is 0 Å². The summed E-state index contributed by atoms with van der Waals surface area (Å²) >= 11 is 0. The zero-order chi connectivity index (χ0) is 11.7. The minimum Gasteiger partial charge on any atom is -0.464 e.